The Morgan fingerprint density at radius 1 is 1.16 bits per heavy atom. The molecule has 0 amide bonds. The van der Waals surface area contributed by atoms with Crippen molar-refractivity contribution in [2.45, 2.75) is 46.5 Å². The summed E-state index contributed by atoms with van der Waals surface area (Å²) in [5.74, 6) is 1.82. The van der Waals surface area contributed by atoms with E-state index in [4.69, 9.17) is 0 Å². The number of rotatable bonds is 14. The number of aliphatic imine (C=N–C) groups is 2. The molecule has 1 fully saturated rings. The Bertz CT molecular complexity index is 1030. The van der Waals surface area contributed by atoms with Gasteiger partial charge in [-0.25, -0.2) is 9.38 Å². The van der Waals surface area contributed by atoms with E-state index in [1.165, 1.54) is 37.4 Å². The highest BCUT2D eigenvalue weighted by atomic mass is 19.1. The molecule has 0 spiro atoms. The Balaban J connectivity index is 1.43. The first kappa shape index (κ1) is 28.4. The Morgan fingerprint density at radius 3 is 2.62 bits per heavy atom. The number of aryl methyl sites for hydroxylation is 1. The summed E-state index contributed by atoms with van der Waals surface area (Å²) in [7, 11) is 0. The maximum atomic E-state index is 13.5. The van der Waals surface area contributed by atoms with Crippen molar-refractivity contribution in [1.29, 1.82) is 0 Å². The monoisotopic (exact) mass is 506 g/mol. The number of piperidine rings is 1. The van der Waals surface area contributed by atoms with Gasteiger partial charge in [0.1, 0.15) is 18.3 Å². The second kappa shape index (κ2) is 15.2. The van der Waals surface area contributed by atoms with Crippen LogP contribution in [0.2, 0.25) is 0 Å². The first-order chi connectivity index (χ1) is 18.0. The fourth-order valence-electron chi connectivity index (χ4n) is 4.64. The fraction of sp³-hybridized carbons (Fsp3) is 0.467. The lowest BCUT2D eigenvalue weighted by Crippen LogP contribution is -2.40. The number of halogens is 1. The van der Waals surface area contributed by atoms with E-state index in [9.17, 15) is 4.39 Å². The van der Waals surface area contributed by atoms with Gasteiger partial charge in [0.2, 0.25) is 0 Å². The van der Waals surface area contributed by atoms with Crippen LogP contribution in [0.5, 0.6) is 0 Å². The van der Waals surface area contributed by atoms with Crippen molar-refractivity contribution in [2.75, 3.05) is 48.4 Å². The van der Waals surface area contributed by atoms with Crippen LogP contribution in [0.4, 0.5) is 21.5 Å². The maximum absolute atomic E-state index is 13.5. The van der Waals surface area contributed by atoms with Gasteiger partial charge in [0.15, 0.2) is 0 Å². The van der Waals surface area contributed by atoms with Gasteiger partial charge in [-0.2, -0.15) is 0 Å². The van der Waals surface area contributed by atoms with Gasteiger partial charge in [0.05, 0.1) is 0 Å². The van der Waals surface area contributed by atoms with Gasteiger partial charge in [-0.3, -0.25) is 4.99 Å². The van der Waals surface area contributed by atoms with Crippen LogP contribution in [0.25, 0.3) is 0 Å². The molecule has 0 aliphatic carbocycles. The quantitative estimate of drug-likeness (QED) is 0.257. The number of nitrogens with one attached hydrogen (secondary N) is 3. The summed E-state index contributed by atoms with van der Waals surface area (Å²) in [4.78, 5) is 10.9. The number of benzene rings is 2. The Kier molecular flexibility index (Phi) is 11.6. The molecule has 7 heteroatoms. The number of nitrogens with zero attached hydrogens (tertiary/aromatic N) is 3. The van der Waals surface area contributed by atoms with Crippen LogP contribution in [0.15, 0.2) is 64.3 Å². The van der Waals surface area contributed by atoms with E-state index in [0.29, 0.717) is 24.0 Å². The van der Waals surface area contributed by atoms with Gasteiger partial charge < -0.3 is 20.9 Å². The SMILES string of the molecule is C=N/C(=C\C=N/CNc1ccc(N2CCCC(CNCC(CC)CC)C2)cc1)Nc1ccc(F)c(C)c1. The van der Waals surface area contributed by atoms with E-state index in [2.05, 4.69) is 75.7 Å². The first-order valence-corrected chi connectivity index (χ1v) is 13.5. The zero-order valence-corrected chi connectivity index (χ0v) is 22.6. The number of hydrogen-bond acceptors (Lipinski definition) is 6. The summed E-state index contributed by atoms with van der Waals surface area (Å²) in [5, 5.41) is 10.2. The van der Waals surface area contributed by atoms with E-state index in [-0.39, 0.29) is 5.82 Å². The van der Waals surface area contributed by atoms with Crippen LogP contribution >= 0.6 is 0 Å². The average molecular weight is 507 g/mol. The second-order valence-corrected chi connectivity index (χ2v) is 9.81. The smallest absolute Gasteiger partial charge is 0.131 e. The van der Waals surface area contributed by atoms with Crippen LogP contribution < -0.4 is 20.9 Å². The molecule has 2 aromatic carbocycles. The third-order valence-corrected chi connectivity index (χ3v) is 7.09. The molecule has 0 radical (unpaired) electrons. The van der Waals surface area contributed by atoms with E-state index < -0.39 is 0 Å². The molecule has 6 nitrogen and oxygen atoms in total. The minimum absolute atomic E-state index is 0.233. The maximum Gasteiger partial charge on any atom is 0.131 e. The molecule has 1 aliphatic heterocycles. The molecule has 1 heterocycles. The van der Waals surface area contributed by atoms with Crippen LogP contribution in [-0.2, 0) is 0 Å². The molecular weight excluding hydrogens is 463 g/mol. The zero-order chi connectivity index (χ0) is 26.5. The minimum Gasteiger partial charge on any atom is -0.371 e. The third-order valence-electron chi connectivity index (χ3n) is 7.09. The van der Waals surface area contributed by atoms with Gasteiger partial charge in [0, 0.05) is 36.4 Å². The van der Waals surface area contributed by atoms with Crippen molar-refractivity contribution in [3.63, 3.8) is 0 Å². The molecule has 200 valence electrons. The van der Waals surface area contributed by atoms with Crippen molar-refractivity contribution in [2.24, 2.45) is 21.8 Å². The average Bonchev–Trinajstić information content (AvgIpc) is 2.93. The summed E-state index contributed by atoms with van der Waals surface area (Å²) in [6, 6.07) is 13.4. The van der Waals surface area contributed by atoms with Crippen LogP contribution in [0.3, 0.4) is 0 Å². The summed E-state index contributed by atoms with van der Waals surface area (Å²) in [6.45, 7) is 14.8. The van der Waals surface area contributed by atoms with Gasteiger partial charge in [-0.05, 0) is 106 Å². The van der Waals surface area contributed by atoms with Crippen LogP contribution in [0, 0.1) is 24.6 Å². The lowest BCUT2D eigenvalue weighted by atomic mass is 9.96. The van der Waals surface area contributed by atoms with Crippen molar-refractivity contribution in [1.82, 2.24) is 5.32 Å². The Hall–Kier alpha value is -3.19. The van der Waals surface area contributed by atoms with E-state index in [0.717, 1.165) is 43.5 Å². The lowest BCUT2D eigenvalue weighted by molar-refractivity contribution is 0.367. The molecule has 1 atom stereocenters. The molecule has 37 heavy (non-hydrogen) atoms. The second-order valence-electron chi connectivity index (χ2n) is 9.81. The molecule has 3 N–H and O–H groups in total. The summed E-state index contributed by atoms with van der Waals surface area (Å²) < 4.78 is 13.5. The predicted octanol–water partition coefficient (Wildman–Crippen LogP) is 6.47. The van der Waals surface area contributed by atoms with Gasteiger partial charge in [-0.1, -0.05) is 26.7 Å². The fourth-order valence-corrected chi connectivity index (χ4v) is 4.64. The topological polar surface area (TPSA) is 64.0 Å². The highest BCUT2D eigenvalue weighted by Gasteiger charge is 2.20. The zero-order valence-electron chi connectivity index (χ0n) is 22.6. The number of hydrogen-bond donors (Lipinski definition) is 3. The summed E-state index contributed by atoms with van der Waals surface area (Å²) in [6.07, 6.45) is 8.48. The Labute approximate surface area is 222 Å². The molecule has 3 rings (SSSR count). The molecule has 2 aromatic rings. The lowest BCUT2D eigenvalue weighted by Gasteiger charge is -2.35. The highest BCUT2D eigenvalue weighted by molar-refractivity contribution is 5.74. The van der Waals surface area contributed by atoms with Gasteiger partial charge >= 0.3 is 0 Å². The van der Waals surface area contributed by atoms with Crippen molar-refractivity contribution >= 4 is 30.0 Å². The normalized spacial score (nSPS) is 16.4. The Morgan fingerprint density at radius 2 is 1.92 bits per heavy atom. The molecular formula is C30H43FN6. The van der Waals surface area contributed by atoms with E-state index >= 15 is 0 Å². The summed E-state index contributed by atoms with van der Waals surface area (Å²) >= 11 is 0. The standard InChI is InChI=1S/C30H43FN6/c1-5-24(6-2)19-34-20-25-8-7-17-37(21-25)28-12-9-26(10-13-28)35-22-33-16-15-30(32-4)36-27-11-14-29(31)23(3)18-27/h9-16,18,24-25,34-36H,4-8,17,19-22H2,1-3H3/b30-15+,33-16-. The van der Waals surface area contributed by atoms with Crippen LogP contribution in [0.1, 0.15) is 45.1 Å². The van der Waals surface area contributed by atoms with Crippen molar-refractivity contribution in [3.05, 3.63) is 65.7 Å². The third kappa shape index (κ3) is 9.32. The summed E-state index contributed by atoms with van der Waals surface area (Å²) in [5.41, 5.74) is 3.64. The van der Waals surface area contributed by atoms with Crippen molar-refractivity contribution in [3.8, 4) is 0 Å². The van der Waals surface area contributed by atoms with Gasteiger partial charge in [-0.15, -0.1) is 0 Å². The first-order valence-electron chi connectivity index (χ1n) is 13.5. The molecule has 1 unspecified atom stereocenters. The number of anilines is 3. The van der Waals surface area contributed by atoms with E-state index in [1.807, 2.05) is 0 Å². The van der Waals surface area contributed by atoms with Crippen LogP contribution in [-0.4, -0.2) is 45.8 Å². The highest BCUT2D eigenvalue weighted by Crippen LogP contribution is 2.24. The van der Waals surface area contributed by atoms with Gasteiger partial charge in [0.25, 0.3) is 0 Å². The number of allylic oxidation sites excluding steroid dienone is 1. The van der Waals surface area contributed by atoms with E-state index in [1.54, 1.807) is 31.3 Å². The molecule has 0 aromatic heterocycles. The largest absolute Gasteiger partial charge is 0.371 e. The molecule has 1 saturated heterocycles. The molecule has 0 saturated carbocycles. The molecule has 1 aliphatic rings. The molecule has 0 bridgehead atoms. The minimum atomic E-state index is -0.233. The van der Waals surface area contributed by atoms with Crippen molar-refractivity contribution < 1.29 is 4.39 Å². The predicted molar refractivity (Wildman–Crippen MR) is 158 cm³/mol.